The van der Waals surface area contributed by atoms with Crippen LogP contribution in [0, 0.1) is 11.8 Å². The molecule has 1 fully saturated rings. The molecule has 0 heterocycles. The van der Waals surface area contributed by atoms with E-state index >= 15 is 0 Å². The van der Waals surface area contributed by atoms with E-state index in [0.29, 0.717) is 11.8 Å². The Bertz CT molecular complexity index is 326. The summed E-state index contributed by atoms with van der Waals surface area (Å²) in [6.45, 7) is 9.17. The lowest BCUT2D eigenvalue weighted by atomic mass is 10.1. The summed E-state index contributed by atoms with van der Waals surface area (Å²) in [5.74, 6) is 0.895. The molecule has 4 unspecified atom stereocenters. The number of rotatable bonds is 6. The summed E-state index contributed by atoms with van der Waals surface area (Å²) in [4.78, 5) is 0. The van der Waals surface area contributed by atoms with Gasteiger partial charge >= 0.3 is 0 Å². The zero-order chi connectivity index (χ0) is 13.1. The van der Waals surface area contributed by atoms with E-state index in [4.69, 9.17) is 0 Å². The Morgan fingerprint density at radius 1 is 1.29 bits per heavy atom. The van der Waals surface area contributed by atoms with Crippen LogP contribution < -0.4 is 5.32 Å². The molecular weight excluding hydrogens is 234 g/mol. The average Bonchev–Trinajstić information content (AvgIpc) is 2.61. The number of hydrogen-bond donors (Lipinski definition) is 1. The smallest absolute Gasteiger partial charge is 0.153 e. The average molecular weight is 261 g/mol. The van der Waals surface area contributed by atoms with Gasteiger partial charge in [0.1, 0.15) is 0 Å². The third-order valence-corrected chi connectivity index (χ3v) is 6.75. The van der Waals surface area contributed by atoms with Crippen LogP contribution in [-0.2, 0) is 9.84 Å². The summed E-state index contributed by atoms with van der Waals surface area (Å²) < 4.78 is 24.7. The maximum absolute atomic E-state index is 12.3. The van der Waals surface area contributed by atoms with Gasteiger partial charge in [0, 0.05) is 6.04 Å². The first-order chi connectivity index (χ1) is 7.92. The highest BCUT2D eigenvalue weighted by Crippen LogP contribution is 2.32. The highest BCUT2D eigenvalue weighted by molar-refractivity contribution is 7.92. The third-order valence-electron chi connectivity index (χ3n) is 4.12. The maximum Gasteiger partial charge on any atom is 0.153 e. The molecule has 0 aliphatic heterocycles. The highest BCUT2D eigenvalue weighted by atomic mass is 32.2. The van der Waals surface area contributed by atoms with E-state index in [1.807, 2.05) is 6.92 Å². The largest absolute Gasteiger partial charge is 0.314 e. The molecule has 3 nitrogen and oxygen atoms in total. The Hall–Kier alpha value is -0.0900. The molecule has 1 aliphatic carbocycles. The van der Waals surface area contributed by atoms with Crippen molar-refractivity contribution in [1.29, 1.82) is 0 Å². The molecule has 1 saturated carbocycles. The molecule has 0 saturated heterocycles. The van der Waals surface area contributed by atoms with E-state index < -0.39 is 9.84 Å². The first-order valence-electron chi connectivity index (χ1n) is 6.87. The van der Waals surface area contributed by atoms with E-state index in [1.54, 1.807) is 0 Å². The molecule has 0 aromatic rings. The number of sulfone groups is 1. The molecule has 102 valence electrons. The Morgan fingerprint density at radius 2 is 1.94 bits per heavy atom. The van der Waals surface area contributed by atoms with Gasteiger partial charge in [-0.25, -0.2) is 8.42 Å². The fourth-order valence-electron chi connectivity index (χ4n) is 2.82. The molecule has 0 amide bonds. The van der Waals surface area contributed by atoms with Crippen molar-refractivity contribution in [2.45, 2.75) is 58.2 Å². The quantitative estimate of drug-likeness (QED) is 0.797. The summed E-state index contributed by atoms with van der Waals surface area (Å²) in [6, 6.07) is 0.386. The van der Waals surface area contributed by atoms with Crippen LogP contribution in [0.15, 0.2) is 0 Å². The highest BCUT2D eigenvalue weighted by Gasteiger charge is 2.40. The summed E-state index contributed by atoms with van der Waals surface area (Å²) in [6.07, 6.45) is 2.77. The molecule has 1 aliphatic rings. The Kier molecular flexibility index (Phi) is 5.45. The van der Waals surface area contributed by atoms with Crippen molar-refractivity contribution < 1.29 is 8.42 Å². The van der Waals surface area contributed by atoms with Gasteiger partial charge in [0.15, 0.2) is 9.84 Å². The minimum atomic E-state index is -2.91. The second-order valence-corrected chi connectivity index (χ2v) is 7.75. The first kappa shape index (κ1) is 15.0. The van der Waals surface area contributed by atoms with Crippen molar-refractivity contribution in [2.24, 2.45) is 11.8 Å². The normalized spacial score (nSPS) is 31.6. The minimum Gasteiger partial charge on any atom is -0.314 e. The van der Waals surface area contributed by atoms with Gasteiger partial charge in [0.2, 0.25) is 0 Å². The van der Waals surface area contributed by atoms with Crippen molar-refractivity contribution in [3.8, 4) is 0 Å². The van der Waals surface area contributed by atoms with Gasteiger partial charge in [-0.15, -0.1) is 0 Å². The van der Waals surface area contributed by atoms with Gasteiger partial charge in [-0.2, -0.15) is 0 Å². The van der Waals surface area contributed by atoms with E-state index in [9.17, 15) is 8.42 Å². The van der Waals surface area contributed by atoms with Crippen molar-refractivity contribution >= 4 is 9.84 Å². The first-order valence-corrected chi connectivity index (χ1v) is 8.58. The Labute approximate surface area is 106 Å². The minimum absolute atomic E-state index is 0.124. The van der Waals surface area contributed by atoms with Gasteiger partial charge in [0.25, 0.3) is 0 Å². The summed E-state index contributed by atoms with van der Waals surface area (Å²) in [5.41, 5.74) is 0. The second-order valence-electron chi connectivity index (χ2n) is 5.48. The molecular formula is C13H27NO2S. The van der Waals surface area contributed by atoms with Crippen LogP contribution in [0.3, 0.4) is 0 Å². The number of hydrogen-bond acceptors (Lipinski definition) is 3. The van der Waals surface area contributed by atoms with Gasteiger partial charge in [-0.05, 0) is 31.2 Å². The van der Waals surface area contributed by atoms with Crippen LogP contribution in [-0.4, -0.2) is 32.0 Å². The van der Waals surface area contributed by atoms with Crippen LogP contribution in [0.4, 0.5) is 0 Å². The van der Waals surface area contributed by atoms with Gasteiger partial charge in [0.05, 0.1) is 11.0 Å². The predicted molar refractivity (Wildman–Crippen MR) is 72.9 cm³/mol. The molecule has 4 heteroatoms. The summed E-state index contributed by atoms with van der Waals surface area (Å²) >= 11 is 0. The zero-order valence-electron chi connectivity index (χ0n) is 11.6. The van der Waals surface area contributed by atoms with Crippen molar-refractivity contribution in [1.82, 2.24) is 5.32 Å². The SMILES string of the molecule is CCNC1CCC(S(=O)(=O)CC(C)CC)C1C. The van der Waals surface area contributed by atoms with Crippen LogP contribution >= 0.6 is 0 Å². The van der Waals surface area contributed by atoms with Crippen LogP contribution in [0.5, 0.6) is 0 Å². The molecule has 4 atom stereocenters. The van der Waals surface area contributed by atoms with E-state index in [-0.39, 0.29) is 17.1 Å². The van der Waals surface area contributed by atoms with Gasteiger partial charge in [-0.1, -0.05) is 34.1 Å². The Morgan fingerprint density at radius 3 is 2.47 bits per heavy atom. The van der Waals surface area contributed by atoms with Crippen molar-refractivity contribution in [3.63, 3.8) is 0 Å². The zero-order valence-corrected chi connectivity index (χ0v) is 12.4. The molecule has 0 bridgehead atoms. The lowest BCUT2D eigenvalue weighted by Gasteiger charge is -2.22. The van der Waals surface area contributed by atoms with E-state index in [2.05, 4.69) is 26.1 Å². The number of nitrogens with one attached hydrogen (secondary N) is 1. The van der Waals surface area contributed by atoms with Crippen LogP contribution in [0.25, 0.3) is 0 Å². The monoisotopic (exact) mass is 261 g/mol. The molecule has 17 heavy (non-hydrogen) atoms. The molecule has 0 spiro atoms. The molecule has 0 radical (unpaired) electrons. The maximum atomic E-state index is 12.3. The lowest BCUT2D eigenvalue weighted by Crippen LogP contribution is -2.37. The fourth-order valence-corrected chi connectivity index (χ4v) is 5.44. The predicted octanol–water partition coefficient (Wildman–Crippen LogP) is 2.22. The van der Waals surface area contributed by atoms with Gasteiger partial charge < -0.3 is 5.32 Å². The fraction of sp³-hybridized carbons (Fsp3) is 1.00. The summed E-state index contributed by atoms with van der Waals surface area (Å²) in [7, 11) is -2.91. The van der Waals surface area contributed by atoms with Crippen LogP contribution in [0.1, 0.15) is 47.0 Å². The van der Waals surface area contributed by atoms with Gasteiger partial charge in [-0.3, -0.25) is 0 Å². The second kappa shape index (κ2) is 6.19. The third kappa shape index (κ3) is 3.68. The summed E-state index contributed by atoms with van der Waals surface area (Å²) in [5, 5.41) is 3.27. The topological polar surface area (TPSA) is 46.2 Å². The molecule has 0 aromatic heterocycles. The van der Waals surface area contributed by atoms with Crippen LogP contribution in [0.2, 0.25) is 0 Å². The standard InChI is InChI=1S/C13H27NO2S/c1-5-10(3)9-17(15,16)13-8-7-12(11(13)4)14-6-2/h10-14H,5-9H2,1-4H3. The van der Waals surface area contributed by atoms with Crippen molar-refractivity contribution in [3.05, 3.63) is 0 Å². The van der Waals surface area contributed by atoms with Crippen molar-refractivity contribution in [2.75, 3.05) is 12.3 Å². The Balaban J connectivity index is 2.67. The van der Waals surface area contributed by atoms with E-state index in [0.717, 1.165) is 25.8 Å². The molecule has 1 rings (SSSR count). The molecule has 1 N–H and O–H groups in total. The molecule has 0 aromatic carbocycles. The lowest BCUT2D eigenvalue weighted by molar-refractivity contribution is 0.432. The van der Waals surface area contributed by atoms with E-state index in [1.165, 1.54) is 0 Å².